The van der Waals surface area contributed by atoms with Crippen molar-refractivity contribution in [2.75, 3.05) is 7.05 Å². The molecule has 19 heavy (non-hydrogen) atoms. The Labute approximate surface area is 118 Å². The van der Waals surface area contributed by atoms with Gasteiger partial charge in [-0.1, -0.05) is 23.7 Å². The highest BCUT2D eigenvalue weighted by atomic mass is 35.5. The fraction of sp³-hybridized carbons (Fsp3) is 0.267. The Morgan fingerprint density at radius 3 is 2.63 bits per heavy atom. The largest absolute Gasteiger partial charge is 0.489 e. The molecular formula is C15H17ClN2O. The Morgan fingerprint density at radius 2 is 2.00 bits per heavy atom. The Morgan fingerprint density at radius 1 is 1.26 bits per heavy atom. The van der Waals surface area contributed by atoms with Crippen LogP contribution in [-0.2, 0) is 6.61 Å². The zero-order valence-electron chi connectivity index (χ0n) is 11.1. The van der Waals surface area contributed by atoms with Crippen molar-refractivity contribution in [3.8, 4) is 5.75 Å². The van der Waals surface area contributed by atoms with E-state index in [1.54, 1.807) is 12.4 Å². The van der Waals surface area contributed by atoms with E-state index in [1.165, 1.54) is 5.56 Å². The van der Waals surface area contributed by atoms with Gasteiger partial charge in [0.25, 0.3) is 0 Å². The van der Waals surface area contributed by atoms with E-state index in [1.807, 2.05) is 25.2 Å². The van der Waals surface area contributed by atoms with Crippen LogP contribution in [0, 0.1) is 0 Å². The first-order chi connectivity index (χ1) is 9.20. The number of aromatic nitrogens is 1. The molecule has 1 aromatic heterocycles. The lowest BCUT2D eigenvalue weighted by Crippen LogP contribution is -2.11. The minimum Gasteiger partial charge on any atom is -0.489 e. The third-order valence-electron chi connectivity index (χ3n) is 3.06. The van der Waals surface area contributed by atoms with Crippen LogP contribution in [0.4, 0.5) is 0 Å². The van der Waals surface area contributed by atoms with Gasteiger partial charge in [0.1, 0.15) is 12.4 Å². The summed E-state index contributed by atoms with van der Waals surface area (Å²) in [5.41, 5.74) is 2.17. The monoisotopic (exact) mass is 276 g/mol. The van der Waals surface area contributed by atoms with E-state index >= 15 is 0 Å². The molecule has 0 spiro atoms. The number of pyridine rings is 1. The number of ether oxygens (including phenoxy) is 1. The van der Waals surface area contributed by atoms with Gasteiger partial charge >= 0.3 is 0 Å². The Balaban J connectivity index is 1.99. The van der Waals surface area contributed by atoms with Crippen molar-refractivity contribution >= 4 is 11.6 Å². The zero-order chi connectivity index (χ0) is 13.7. The van der Waals surface area contributed by atoms with E-state index < -0.39 is 0 Å². The lowest BCUT2D eigenvalue weighted by Gasteiger charge is -2.12. The van der Waals surface area contributed by atoms with Gasteiger partial charge in [-0.3, -0.25) is 4.98 Å². The molecule has 0 radical (unpaired) electrons. The molecule has 1 heterocycles. The number of nitrogens with one attached hydrogen (secondary N) is 1. The molecule has 0 aliphatic carbocycles. The van der Waals surface area contributed by atoms with Crippen LogP contribution in [0.15, 0.2) is 42.7 Å². The molecule has 0 saturated heterocycles. The molecule has 1 atom stereocenters. The third kappa shape index (κ3) is 3.69. The number of hydrogen-bond acceptors (Lipinski definition) is 3. The lowest BCUT2D eigenvalue weighted by molar-refractivity contribution is 0.306. The minimum absolute atomic E-state index is 0.337. The van der Waals surface area contributed by atoms with Crippen LogP contribution in [0.25, 0.3) is 0 Å². The first-order valence-corrected chi connectivity index (χ1v) is 6.57. The molecule has 4 heteroatoms. The molecule has 1 N–H and O–H groups in total. The van der Waals surface area contributed by atoms with E-state index in [0.717, 1.165) is 11.3 Å². The second-order valence-corrected chi connectivity index (χ2v) is 4.74. The van der Waals surface area contributed by atoms with Crippen molar-refractivity contribution in [3.63, 3.8) is 0 Å². The van der Waals surface area contributed by atoms with Crippen molar-refractivity contribution < 1.29 is 4.74 Å². The lowest BCUT2D eigenvalue weighted by atomic mass is 10.1. The molecule has 0 saturated carbocycles. The number of hydrogen-bond donors (Lipinski definition) is 1. The van der Waals surface area contributed by atoms with Crippen molar-refractivity contribution in [1.29, 1.82) is 0 Å². The van der Waals surface area contributed by atoms with Crippen LogP contribution in [0.3, 0.4) is 0 Å². The summed E-state index contributed by atoms with van der Waals surface area (Å²) in [5, 5.41) is 3.83. The highest BCUT2D eigenvalue weighted by molar-refractivity contribution is 6.31. The molecule has 3 nitrogen and oxygen atoms in total. The summed E-state index contributed by atoms with van der Waals surface area (Å²) in [6.45, 7) is 2.56. The molecule has 1 aromatic carbocycles. The second kappa shape index (κ2) is 6.55. The van der Waals surface area contributed by atoms with Crippen LogP contribution < -0.4 is 10.1 Å². The highest BCUT2D eigenvalue weighted by Crippen LogP contribution is 2.20. The summed E-state index contributed by atoms with van der Waals surface area (Å²) in [4.78, 5) is 3.95. The molecule has 2 aromatic rings. The Kier molecular flexibility index (Phi) is 4.77. The first-order valence-electron chi connectivity index (χ1n) is 6.19. The molecule has 100 valence electrons. The van der Waals surface area contributed by atoms with Gasteiger partial charge in [-0.2, -0.15) is 0 Å². The predicted octanol–water partition coefficient (Wildman–Crippen LogP) is 3.59. The standard InChI is InChI=1S/C15H17ClN2O/c1-11(17-2)12-3-5-14(6-4-12)19-10-13-7-8-18-9-15(13)16/h3-9,11,17H,10H2,1-2H3. The average Bonchev–Trinajstić information content (AvgIpc) is 2.46. The van der Waals surface area contributed by atoms with Crippen LogP contribution in [0.1, 0.15) is 24.1 Å². The SMILES string of the molecule is CNC(C)c1ccc(OCc2ccncc2Cl)cc1. The molecule has 0 aliphatic heterocycles. The first kappa shape index (κ1) is 13.8. The molecule has 0 fully saturated rings. The summed E-state index contributed by atoms with van der Waals surface area (Å²) in [6.07, 6.45) is 3.33. The summed E-state index contributed by atoms with van der Waals surface area (Å²) in [5.74, 6) is 0.833. The van der Waals surface area contributed by atoms with Gasteiger partial charge in [0.05, 0.1) is 5.02 Å². The highest BCUT2D eigenvalue weighted by Gasteiger charge is 2.03. The average molecular weight is 277 g/mol. The van der Waals surface area contributed by atoms with Crippen LogP contribution in [0.2, 0.25) is 5.02 Å². The topological polar surface area (TPSA) is 34.1 Å². The summed E-state index contributed by atoms with van der Waals surface area (Å²) < 4.78 is 5.71. The summed E-state index contributed by atoms with van der Waals surface area (Å²) in [6, 6.07) is 10.3. The van der Waals surface area contributed by atoms with Gasteiger partial charge in [-0.05, 0) is 37.7 Å². The van der Waals surface area contributed by atoms with E-state index in [9.17, 15) is 0 Å². The third-order valence-corrected chi connectivity index (χ3v) is 3.40. The van der Waals surface area contributed by atoms with Crippen molar-refractivity contribution in [2.24, 2.45) is 0 Å². The number of halogens is 1. The van der Waals surface area contributed by atoms with Gasteiger partial charge in [0, 0.05) is 24.0 Å². The molecule has 0 bridgehead atoms. The quantitative estimate of drug-likeness (QED) is 0.906. The summed E-state index contributed by atoms with van der Waals surface area (Å²) in [7, 11) is 1.94. The van der Waals surface area contributed by atoms with Gasteiger partial charge in [0.15, 0.2) is 0 Å². The normalized spacial score (nSPS) is 12.2. The maximum absolute atomic E-state index is 6.03. The van der Waals surface area contributed by atoms with Crippen molar-refractivity contribution in [2.45, 2.75) is 19.6 Å². The Hall–Kier alpha value is -1.58. The van der Waals surface area contributed by atoms with Crippen LogP contribution in [0.5, 0.6) is 5.75 Å². The van der Waals surface area contributed by atoms with Gasteiger partial charge < -0.3 is 10.1 Å². The number of benzene rings is 1. The Bertz CT molecular complexity index is 528. The smallest absolute Gasteiger partial charge is 0.119 e. The second-order valence-electron chi connectivity index (χ2n) is 4.34. The molecule has 2 rings (SSSR count). The van der Waals surface area contributed by atoms with E-state index in [-0.39, 0.29) is 0 Å². The minimum atomic E-state index is 0.337. The maximum atomic E-state index is 6.03. The van der Waals surface area contributed by atoms with E-state index in [2.05, 4.69) is 29.4 Å². The number of rotatable bonds is 5. The number of nitrogens with zero attached hydrogens (tertiary/aromatic N) is 1. The maximum Gasteiger partial charge on any atom is 0.119 e. The van der Waals surface area contributed by atoms with Gasteiger partial charge in [-0.25, -0.2) is 0 Å². The van der Waals surface area contributed by atoms with Crippen LogP contribution >= 0.6 is 11.6 Å². The summed E-state index contributed by atoms with van der Waals surface area (Å²) >= 11 is 6.03. The fourth-order valence-electron chi connectivity index (χ4n) is 1.70. The molecule has 0 amide bonds. The van der Waals surface area contributed by atoms with E-state index in [4.69, 9.17) is 16.3 Å². The van der Waals surface area contributed by atoms with Crippen molar-refractivity contribution in [1.82, 2.24) is 10.3 Å². The fourth-order valence-corrected chi connectivity index (χ4v) is 1.88. The van der Waals surface area contributed by atoms with Crippen molar-refractivity contribution in [3.05, 3.63) is 58.9 Å². The molecular weight excluding hydrogens is 260 g/mol. The van der Waals surface area contributed by atoms with Gasteiger partial charge in [0.2, 0.25) is 0 Å². The van der Waals surface area contributed by atoms with Crippen LogP contribution in [-0.4, -0.2) is 12.0 Å². The zero-order valence-corrected chi connectivity index (χ0v) is 11.8. The van der Waals surface area contributed by atoms with Gasteiger partial charge in [-0.15, -0.1) is 0 Å². The molecule has 0 aliphatic rings. The molecule has 1 unspecified atom stereocenters. The van der Waals surface area contributed by atoms with E-state index in [0.29, 0.717) is 17.7 Å². The predicted molar refractivity (Wildman–Crippen MR) is 77.5 cm³/mol.